The van der Waals surface area contributed by atoms with Crippen molar-refractivity contribution in [3.63, 3.8) is 0 Å². The molecular formula is C26H20BrClN2O5S. The molecule has 7 nitrogen and oxygen atoms in total. The summed E-state index contributed by atoms with van der Waals surface area (Å²) in [4.78, 5) is 39.1. The zero-order valence-corrected chi connectivity index (χ0v) is 22.2. The number of thioether (sulfide) groups is 1. The predicted octanol–water partition coefficient (Wildman–Crippen LogP) is 6.37. The van der Waals surface area contributed by atoms with Gasteiger partial charge in [0.2, 0.25) is 0 Å². The quantitative estimate of drug-likeness (QED) is 0.309. The molecule has 0 bridgehead atoms. The molecule has 0 aliphatic carbocycles. The predicted molar refractivity (Wildman–Crippen MR) is 144 cm³/mol. The number of nitrogens with one attached hydrogen (secondary N) is 1. The third-order valence-electron chi connectivity index (χ3n) is 5.10. The fraction of sp³-hybridized carbons (Fsp3) is 0.115. The Morgan fingerprint density at radius 2 is 1.86 bits per heavy atom. The highest BCUT2D eigenvalue weighted by atomic mass is 79.9. The van der Waals surface area contributed by atoms with Gasteiger partial charge in [0.15, 0.2) is 18.1 Å². The molecule has 10 heteroatoms. The van der Waals surface area contributed by atoms with Crippen LogP contribution in [-0.4, -0.2) is 35.7 Å². The SMILES string of the molecule is COc1cc(/C=C2\SC(=O)N(Cc3ccccc3)C2=O)ccc1OCC(=O)Nc1ccc(Br)c(Cl)c1. The van der Waals surface area contributed by atoms with Crippen molar-refractivity contribution in [3.8, 4) is 11.5 Å². The van der Waals surface area contributed by atoms with Crippen LogP contribution >= 0.6 is 39.3 Å². The Hall–Kier alpha value is -3.27. The largest absolute Gasteiger partial charge is 0.493 e. The molecule has 1 N–H and O–H groups in total. The molecule has 36 heavy (non-hydrogen) atoms. The summed E-state index contributed by atoms with van der Waals surface area (Å²) < 4.78 is 11.8. The lowest BCUT2D eigenvalue weighted by Crippen LogP contribution is -2.27. The van der Waals surface area contributed by atoms with Crippen LogP contribution in [0.25, 0.3) is 6.08 Å². The third-order valence-corrected chi connectivity index (χ3v) is 7.24. The van der Waals surface area contributed by atoms with Gasteiger partial charge in [-0.1, -0.05) is 48.0 Å². The van der Waals surface area contributed by atoms with E-state index in [2.05, 4.69) is 21.2 Å². The van der Waals surface area contributed by atoms with Crippen molar-refractivity contribution in [1.29, 1.82) is 0 Å². The number of carbonyl (C=O) groups excluding carboxylic acids is 3. The number of amides is 3. The number of hydrogen-bond acceptors (Lipinski definition) is 6. The van der Waals surface area contributed by atoms with Gasteiger partial charge < -0.3 is 14.8 Å². The van der Waals surface area contributed by atoms with Crippen molar-refractivity contribution in [3.05, 3.63) is 92.3 Å². The van der Waals surface area contributed by atoms with Crippen LogP contribution < -0.4 is 14.8 Å². The monoisotopic (exact) mass is 586 g/mol. The molecule has 0 radical (unpaired) electrons. The van der Waals surface area contributed by atoms with Gasteiger partial charge in [-0.15, -0.1) is 0 Å². The Labute approximate surface area is 225 Å². The molecule has 0 aromatic heterocycles. The first-order valence-electron chi connectivity index (χ1n) is 10.7. The average molecular weight is 588 g/mol. The van der Waals surface area contributed by atoms with Crippen molar-refractivity contribution in [2.45, 2.75) is 6.54 Å². The van der Waals surface area contributed by atoms with E-state index in [9.17, 15) is 14.4 Å². The van der Waals surface area contributed by atoms with E-state index in [1.54, 1.807) is 42.5 Å². The highest BCUT2D eigenvalue weighted by Crippen LogP contribution is 2.35. The first kappa shape index (κ1) is 25.8. The molecular weight excluding hydrogens is 568 g/mol. The van der Waals surface area contributed by atoms with E-state index in [0.29, 0.717) is 32.7 Å². The Bertz CT molecular complexity index is 1350. The number of nitrogens with zero attached hydrogens (tertiary/aromatic N) is 1. The van der Waals surface area contributed by atoms with Gasteiger partial charge in [-0.05, 0) is 75.2 Å². The Kier molecular flexibility index (Phi) is 8.35. The molecule has 3 aromatic rings. The number of hydrogen-bond donors (Lipinski definition) is 1. The summed E-state index contributed by atoms with van der Waals surface area (Å²) in [6.45, 7) is -0.0325. The third kappa shape index (κ3) is 6.29. The first-order valence-corrected chi connectivity index (χ1v) is 12.7. The number of halogens is 2. The molecule has 3 amide bonds. The summed E-state index contributed by atoms with van der Waals surface area (Å²) in [6, 6.07) is 19.4. The zero-order valence-electron chi connectivity index (χ0n) is 19.0. The minimum atomic E-state index is -0.369. The van der Waals surface area contributed by atoms with Gasteiger partial charge in [0.1, 0.15) is 0 Å². The van der Waals surface area contributed by atoms with Crippen LogP contribution in [0, 0.1) is 0 Å². The lowest BCUT2D eigenvalue weighted by molar-refractivity contribution is -0.123. The topological polar surface area (TPSA) is 84.9 Å². The van der Waals surface area contributed by atoms with Gasteiger partial charge in [0.05, 0.1) is 23.6 Å². The van der Waals surface area contributed by atoms with Gasteiger partial charge in [-0.3, -0.25) is 19.3 Å². The number of methoxy groups -OCH3 is 1. The molecule has 1 aliphatic heterocycles. The van der Waals surface area contributed by atoms with Gasteiger partial charge in [-0.2, -0.15) is 0 Å². The van der Waals surface area contributed by atoms with Crippen molar-refractivity contribution in [2.75, 3.05) is 19.0 Å². The molecule has 1 fully saturated rings. The molecule has 184 valence electrons. The number of benzene rings is 3. The molecule has 3 aromatic carbocycles. The van der Waals surface area contributed by atoms with Crippen molar-refractivity contribution in [1.82, 2.24) is 4.90 Å². The lowest BCUT2D eigenvalue weighted by Gasteiger charge is -2.12. The Balaban J connectivity index is 1.41. The van der Waals surface area contributed by atoms with Crippen LogP contribution in [0.4, 0.5) is 10.5 Å². The van der Waals surface area contributed by atoms with Crippen LogP contribution in [0.15, 0.2) is 76.1 Å². The van der Waals surface area contributed by atoms with Crippen LogP contribution in [0.3, 0.4) is 0 Å². The van der Waals surface area contributed by atoms with Gasteiger partial charge in [-0.25, -0.2) is 0 Å². The van der Waals surface area contributed by atoms with E-state index in [-0.39, 0.29) is 30.2 Å². The van der Waals surface area contributed by atoms with Crippen LogP contribution in [-0.2, 0) is 16.1 Å². The number of imide groups is 1. The van der Waals surface area contributed by atoms with E-state index in [1.165, 1.54) is 12.0 Å². The van der Waals surface area contributed by atoms with Crippen molar-refractivity contribution >= 4 is 68.1 Å². The van der Waals surface area contributed by atoms with Gasteiger partial charge in [0.25, 0.3) is 17.1 Å². The Morgan fingerprint density at radius 3 is 2.58 bits per heavy atom. The summed E-state index contributed by atoms with van der Waals surface area (Å²) in [5.74, 6) is 0.0204. The first-order chi connectivity index (χ1) is 17.3. The molecule has 4 rings (SSSR count). The minimum Gasteiger partial charge on any atom is -0.493 e. The normalized spacial score (nSPS) is 14.3. The van der Waals surface area contributed by atoms with Gasteiger partial charge in [0, 0.05) is 10.2 Å². The molecule has 1 saturated heterocycles. The average Bonchev–Trinajstić information content (AvgIpc) is 3.13. The molecule has 0 saturated carbocycles. The molecule has 0 atom stereocenters. The molecule has 1 heterocycles. The highest BCUT2D eigenvalue weighted by molar-refractivity contribution is 9.10. The second-order valence-corrected chi connectivity index (χ2v) is 9.88. The number of carbonyl (C=O) groups is 3. The Morgan fingerprint density at radius 1 is 1.08 bits per heavy atom. The van der Waals surface area contributed by atoms with E-state index in [1.807, 2.05) is 30.3 Å². The number of ether oxygens (including phenoxy) is 2. The molecule has 0 spiro atoms. The fourth-order valence-electron chi connectivity index (χ4n) is 3.36. The van der Waals surface area contributed by atoms with E-state index < -0.39 is 0 Å². The van der Waals surface area contributed by atoms with E-state index >= 15 is 0 Å². The summed E-state index contributed by atoms with van der Waals surface area (Å²) in [5.41, 5.74) is 2.06. The van der Waals surface area contributed by atoms with Crippen molar-refractivity contribution < 1.29 is 23.9 Å². The summed E-state index contributed by atoms with van der Waals surface area (Å²) in [7, 11) is 1.48. The van der Waals surface area contributed by atoms with E-state index in [4.69, 9.17) is 21.1 Å². The van der Waals surface area contributed by atoms with Crippen LogP contribution in [0.5, 0.6) is 11.5 Å². The smallest absolute Gasteiger partial charge is 0.293 e. The highest BCUT2D eigenvalue weighted by Gasteiger charge is 2.35. The minimum absolute atomic E-state index is 0.216. The molecule has 0 unspecified atom stereocenters. The van der Waals surface area contributed by atoms with E-state index in [0.717, 1.165) is 21.8 Å². The second kappa shape index (κ2) is 11.6. The number of rotatable bonds is 8. The summed E-state index contributed by atoms with van der Waals surface area (Å²) in [6.07, 6.45) is 1.63. The fourth-order valence-corrected chi connectivity index (χ4v) is 4.63. The zero-order chi connectivity index (χ0) is 25.7. The van der Waals surface area contributed by atoms with Gasteiger partial charge >= 0.3 is 0 Å². The second-order valence-electron chi connectivity index (χ2n) is 7.63. The maximum atomic E-state index is 12.8. The lowest BCUT2D eigenvalue weighted by atomic mass is 10.1. The summed E-state index contributed by atoms with van der Waals surface area (Å²) in [5, 5.41) is 2.87. The maximum Gasteiger partial charge on any atom is 0.293 e. The summed E-state index contributed by atoms with van der Waals surface area (Å²) >= 11 is 10.2. The van der Waals surface area contributed by atoms with Crippen LogP contribution in [0.2, 0.25) is 5.02 Å². The standard InChI is InChI=1S/C26H20BrClN2O5S/c1-34-22-11-17(12-23-25(32)30(26(33)36-23)14-16-5-3-2-4-6-16)7-10-21(22)35-15-24(31)29-18-8-9-19(27)20(28)13-18/h2-13H,14-15H2,1H3,(H,29,31)/b23-12-. The number of anilines is 1. The molecule has 1 aliphatic rings. The van der Waals surface area contributed by atoms with Crippen LogP contribution in [0.1, 0.15) is 11.1 Å². The van der Waals surface area contributed by atoms with Crippen molar-refractivity contribution in [2.24, 2.45) is 0 Å². The maximum absolute atomic E-state index is 12.8.